The molecule has 0 saturated carbocycles. The molecule has 0 bridgehead atoms. The van der Waals surface area contributed by atoms with Gasteiger partial charge in [0.25, 0.3) is 5.91 Å². The van der Waals surface area contributed by atoms with Crippen LogP contribution in [0.25, 0.3) is 22.3 Å². The molecule has 0 fully saturated rings. The highest BCUT2D eigenvalue weighted by atomic mass is 16.3. The maximum absolute atomic E-state index is 13.6. The Labute approximate surface area is 180 Å². The molecule has 4 rings (SSSR count). The number of fused-ring (bicyclic) bond motifs is 1. The van der Waals surface area contributed by atoms with Gasteiger partial charge in [-0.2, -0.15) is 0 Å². The minimum Gasteiger partial charge on any atom is -0.464 e. The van der Waals surface area contributed by atoms with Crippen LogP contribution in [0.1, 0.15) is 41.3 Å². The Bertz CT molecular complexity index is 1300. The van der Waals surface area contributed by atoms with Crippen LogP contribution in [0.4, 0.5) is 0 Å². The zero-order valence-electron chi connectivity index (χ0n) is 18.1. The van der Waals surface area contributed by atoms with Gasteiger partial charge >= 0.3 is 0 Å². The molecule has 2 aromatic carbocycles. The molecule has 0 saturated heterocycles. The first-order valence-corrected chi connectivity index (χ1v) is 10.3. The fourth-order valence-electron chi connectivity index (χ4n) is 3.72. The van der Waals surface area contributed by atoms with Crippen molar-refractivity contribution in [1.82, 2.24) is 4.90 Å². The fraction of sp³-hybridized carbons (Fsp3) is 0.231. The molecule has 0 aliphatic rings. The van der Waals surface area contributed by atoms with Crippen molar-refractivity contribution in [3.8, 4) is 11.3 Å². The van der Waals surface area contributed by atoms with Crippen LogP contribution in [-0.2, 0) is 6.54 Å². The van der Waals surface area contributed by atoms with Gasteiger partial charge in [0.2, 0.25) is 0 Å². The molecule has 2 heterocycles. The molecule has 0 aliphatic carbocycles. The van der Waals surface area contributed by atoms with E-state index in [1.807, 2.05) is 63.2 Å². The minimum atomic E-state index is -0.208. The number of furan rings is 1. The van der Waals surface area contributed by atoms with Crippen LogP contribution in [0.2, 0.25) is 0 Å². The number of hydrogen-bond acceptors (Lipinski definition) is 4. The quantitative estimate of drug-likeness (QED) is 0.418. The first-order chi connectivity index (χ1) is 14.9. The summed E-state index contributed by atoms with van der Waals surface area (Å²) in [7, 11) is 0. The number of rotatable bonds is 5. The Morgan fingerprint density at radius 2 is 1.68 bits per heavy atom. The van der Waals surface area contributed by atoms with Crippen molar-refractivity contribution in [1.29, 1.82) is 0 Å². The standard InChI is InChI=1S/C26H25NO4/c1-16(2)27(15-20-14-13-17(3)30-20)26(29)22-12-8-11-21-23(28)18(4)24(31-25(21)22)19-9-6-5-7-10-19/h5-14,16H,15H2,1-4H3. The van der Waals surface area contributed by atoms with E-state index in [2.05, 4.69) is 0 Å². The normalized spacial score (nSPS) is 11.3. The molecule has 0 aliphatic heterocycles. The Morgan fingerprint density at radius 1 is 0.935 bits per heavy atom. The van der Waals surface area contributed by atoms with Crippen molar-refractivity contribution in [3.05, 3.63) is 93.5 Å². The summed E-state index contributed by atoms with van der Waals surface area (Å²) < 4.78 is 11.9. The number of amides is 1. The molecule has 1 amide bonds. The summed E-state index contributed by atoms with van der Waals surface area (Å²) in [4.78, 5) is 28.4. The first kappa shape index (κ1) is 20.7. The van der Waals surface area contributed by atoms with Gasteiger partial charge in [-0.3, -0.25) is 9.59 Å². The SMILES string of the molecule is Cc1ccc(CN(C(=O)c2cccc3c(=O)c(C)c(-c4ccccc4)oc23)C(C)C)o1. The zero-order chi connectivity index (χ0) is 22.1. The molecular formula is C26H25NO4. The summed E-state index contributed by atoms with van der Waals surface area (Å²) >= 11 is 0. The van der Waals surface area contributed by atoms with Crippen molar-refractivity contribution < 1.29 is 13.6 Å². The van der Waals surface area contributed by atoms with E-state index in [1.54, 1.807) is 30.0 Å². The van der Waals surface area contributed by atoms with Crippen molar-refractivity contribution in [2.45, 2.75) is 40.3 Å². The molecule has 31 heavy (non-hydrogen) atoms. The highest BCUT2D eigenvalue weighted by Crippen LogP contribution is 2.28. The van der Waals surface area contributed by atoms with Crippen LogP contribution in [0.5, 0.6) is 0 Å². The fourth-order valence-corrected chi connectivity index (χ4v) is 3.72. The molecule has 5 heteroatoms. The van der Waals surface area contributed by atoms with Crippen LogP contribution >= 0.6 is 0 Å². The van der Waals surface area contributed by atoms with Crippen molar-refractivity contribution in [2.24, 2.45) is 0 Å². The van der Waals surface area contributed by atoms with Crippen LogP contribution in [0.15, 0.2) is 74.3 Å². The van der Waals surface area contributed by atoms with Crippen molar-refractivity contribution in [3.63, 3.8) is 0 Å². The predicted molar refractivity (Wildman–Crippen MR) is 121 cm³/mol. The van der Waals surface area contributed by atoms with E-state index in [0.717, 1.165) is 11.3 Å². The zero-order valence-corrected chi connectivity index (χ0v) is 18.1. The Kier molecular flexibility index (Phi) is 5.51. The van der Waals surface area contributed by atoms with E-state index in [0.29, 0.717) is 40.2 Å². The lowest BCUT2D eigenvalue weighted by molar-refractivity contribution is 0.0676. The Hall–Kier alpha value is -3.60. The number of benzene rings is 2. The highest BCUT2D eigenvalue weighted by molar-refractivity contribution is 6.05. The minimum absolute atomic E-state index is 0.0704. The second kappa shape index (κ2) is 8.26. The molecule has 0 spiro atoms. The number of nitrogens with zero attached hydrogens (tertiary/aromatic N) is 1. The lowest BCUT2D eigenvalue weighted by Gasteiger charge is -2.26. The number of aryl methyl sites for hydroxylation is 1. The van der Waals surface area contributed by atoms with Crippen molar-refractivity contribution >= 4 is 16.9 Å². The van der Waals surface area contributed by atoms with Gasteiger partial charge in [0, 0.05) is 17.2 Å². The number of carbonyl (C=O) groups excluding carboxylic acids is 1. The number of para-hydroxylation sites is 1. The summed E-state index contributed by atoms with van der Waals surface area (Å²) in [5, 5.41) is 0.403. The largest absolute Gasteiger partial charge is 0.464 e. The topological polar surface area (TPSA) is 63.7 Å². The second-order valence-corrected chi connectivity index (χ2v) is 7.97. The number of carbonyl (C=O) groups is 1. The number of hydrogen-bond donors (Lipinski definition) is 0. The molecule has 158 valence electrons. The van der Waals surface area contributed by atoms with Gasteiger partial charge in [0.1, 0.15) is 17.3 Å². The Morgan fingerprint density at radius 3 is 2.32 bits per heavy atom. The van der Waals surface area contributed by atoms with Gasteiger partial charge in [0.15, 0.2) is 11.0 Å². The van der Waals surface area contributed by atoms with Gasteiger partial charge in [-0.15, -0.1) is 0 Å². The van der Waals surface area contributed by atoms with Gasteiger partial charge in [0.05, 0.1) is 17.5 Å². The van der Waals surface area contributed by atoms with E-state index < -0.39 is 0 Å². The average molecular weight is 415 g/mol. The van der Waals surface area contributed by atoms with Crippen LogP contribution in [0.3, 0.4) is 0 Å². The summed E-state index contributed by atoms with van der Waals surface area (Å²) in [5.74, 6) is 1.78. The molecule has 5 nitrogen and oxygen atoms in total. The van der Waals surface area contributed by atoms with E-state index >= 15 is 0 Å². The smallest absolute Gasteiger partial charge is 0.258 e. The third kappa shape index (κ3) is 3.91. The van der Waals surface area contributed by atoms with E-state index in [4.69, 9.17) is 8.83 Å². The highest BCUT2D eigenvalue weighted by Gasteiger charge is 2.25. The van der Waals surface area contributed by atoms with Gasteiger partial charge < -0.3 is 13.7 Å². The van der Waals surface area contributed by atoms with E-state index in [-0.39, 0.29) is 17.4 Å². The third-order valence-corrected chi connectivity index (χ3v) is 5.42. The predicted octanol–water partition coefficient (Wildman–Crippen LogP) is 5.72. The van der Waals surface area contributed by atoms with E-state index in [9.17, 15) is 9.59 Å². The van der Waals surface area contributed by atoms with Gasteiger partial charge in [-0.25, -0.2) is 0 Å². The Balaban J connectivity index is 1.85. The maximum Gasteiger partial charge on any atom is 0.258 e. The second-order valence-electron chi connectivity index (χ2n) is 7.97. The molecule has 4 aromatic rings. The third-order valence-electron chi connectivity index (χ3n) is 5.42. The maximum atomic E-state index is 13.6. The van der Waals surface area contributed by atoms with E-state index in [1.165, 1.54) is 0 Å². The lowest BCUT2D eigenvalue weighted by Crippen LogP contribution is -2.36. The molecule has 2 aromatic heterocycles. The monoisotopic (exact) mass is 415 g/mol. The summed E-state index contributed by atoms with van der Waals surface area (Å²) in [6.07, 6.45) is 0. The van der Waals surface area contributed by atoms with Crippen LogP contribution < -0.4 is 5.43 Å². The molecule has 0 N–H and O–H groups in total. The molecule has 0 unspecified atom stereocenters. The summed E-state index contributed by atoms with van der Waals surface area (Å²) in [6, 6.07) is 18.3. The summed E-state index contributed by atoms with van der Waals surface area (Å²) in [5.41, 5.74) is 1.86. The molecule has 0 radical (unpaired) electrons. The van der Waals surface area contributed by atoms with Gasteiger partial charge in [-0.1, -0.05) is 36.4 Å². The lowest BCUT2D eigenvalue weighted by atomic mass is 10.0. The van der Waals surface area contributed by atoms with Crippen LogP contribution in [0, 0.1) is 13.8 Å². The van der Waals surface area contributed by atoms with Gasteiger partial charge in [-0.05, 0) is 52.0 Å². The van der Waals surface area contributed by atoms with Crippen molar-refractivity contribution in [2.75, 3.05) is 0 Å². The average Bonchev–Trinajstić information content (AvgIpc) is 3.19. The molecule has 0 atom stereocenters. The molecular weight excluding hydrogens is 390 g/mol. The summed E-state index contributed by atoms with van der Waals surface area (Å²) in [6.45, 7) is 7.87. The first-order valence-electron chi connectivity index (χ1n) is 10.3. The van der Waals surface area contributed by atoms with Crippen LogP contribution in [-0.4, -0.2) is 16.8 Å².